The molecule has 1 N–H and O–H groups in total. The van der Waals surface area contributed by atoms with E-state index in [1.807, 2.05) is 0 Å². The van der Waals surface area contributed by atoms with Crippen LogP contribution in [0.5, 0.6) is 0 Å². The molecule has 0 aliphatic heterocycles. The van der Waals surface area contributed by atoms with E-state index in [1.165, 1.54) is 0 Å². The first kappa shape index (κ1) is 8.87. The lowest BCUT2D eigenvalue weighted by Crippen LogP contribution is -2.35. The second kappa shape index (κ2) is 3.45. The summed E-state index contributed by atoms with van der Waals surface area (Å²) < 4.78 is 13.6. The summed E-state index contributed by atoms with van der Waals surface area (Å²) in [7, 11) is 0. The third kappa shape index (κ3) is 2.71. The highest BCUT2D eigenvalue weighted by atomic mass is 32.2. The van der Waals surface area contributed by atoms with Gasteiger partial charge in [0, 0.05) is 18.8 Å². The molecule has 0 radical (unpaired) electrons. The Morgan fingerprint density at radius 3 is 2.55 bits per heavy atom. The lowest BCUT2D eigenvalue weighted by molar-refractivity contribution is -0.122. The van der Waals surface area contributed by atoms with Crippen LogP contribution >= 0.6 is 0 Å². The van der Waals surface area contributed by atoms with E-state index in [4.69, 9.17) is 0 Å². The van der Waals surface area contributed by atoms with Gasteiger partial charge in [-0.05, 0) is 0 Å². The molecule has 0 aromatic carbocycles. The van der Waals surface area contributed by atoms with Crippen molar-refractivity contribution in [3.05, 3.63) is 0 Å². The van der Waals surface area contributed by atoms with Crippen molar-refractivity contribution in [3.8, 4) is 0 Å². The summed E-state index contributed by atoms with van der Waals surface area (Å²) in [4.78, 5) is 11.0. The molecule has 1 unspecified atom stereocenters. The zero-order chi connectivity index (χ0) is 8.43. The van der Waals surface area contributed by atoms with E-state index < -0.39 is 11.4 Å². The minimum atomic E-state index is -1.11. The fraction of sp³-hybridized carbons (Fsp3) is 0.857. The van der Waals surface area contributed by atoms with Crippen LogP contribution in [-0.4, -0.2) is 15.7 Å². The standard InChI is InChI=1S/C7H13NO2S/c1-5(2)7(9)8-11(10)6-3-4-6/h5-6H,3-4H2,1-2H3,(H,8,9). The molecule has 4 heteroatoms. The van der Waals surface area contributed by atoms with Gasteiger partial charge in [-0.25, -0.2) is 0 Å². The van der Waals surface area contributed by atoms with Gasteiger partial charge in [-0.15, -0.1) is 0 Å². The Bertz CT molecular complexity index is 157. The van der Waals surface area contributed by atoms with Gasteiger partial charge in [0.05, 0.1) is 11.4 Å². The number of hydrogen-bond donors (Lipinski definition) is 1. The van der Waals surface area contributed by atoms with Crippen molar-refractivity contribution >= 4 is 17.3 Å². The average molecular weight is 175 g/mol. The largest absolute Gasteiger partial charge is 0.593 e. The third-order valence-electron chi connectivity index (χ3n) is 1.55. The number of amides is 1. The molecule has 0 heterocycles. The number of nitrogens with one attached hydrogen (secondary N) is 1. The molecule has 1 aliphatic rings. The highest BCUT2D eigenvalue weighted by Gasteiger charge is 2.36. The monoisotopic (exact) mass is 175 g/mol. The third-order valence-corrected chi connectivity index (χ3v) is 3.03. The minimum Gasteiger partial charge on any atom is -0.593 e. The van der Waals surface area contributed by atoms with Crippen molar-refractivity contribution in [2.24, 2.45) is 5.92 Å². The maximum atomic E-state index is 11.1. The van der Waals surface area contributed by atoms with Crippen molar-refractivity contribution in [1.82, 2.24) is 4.72 Å². The summed E-state index contributed by atoms with van der Waals surface area (Å²) in [5.41, 5.74) is 0. The van der Waals surface area contributed by atoms with Crippen molar-refractivity contribution in [2.75, 3.05) is 0 Å². The molecule has 3 nitrogen and oxygen atoms in total. The van der Waals surface area contributed by atoms with Gasteiger partial charge in [-0.2, -0.15) is 4.72 Å². The summed E-state index contributed by atoms with van der Waals surface area (Å²) in [5, 5.41) is 0.234. The summed E-state index contributed by atoms with van der Waals surface area (Å²) in [6, 6.07) is 0. The molecule has 1 rings (SSSR count). The van der Waals surface area contributed by atoms with Gasteiger partial charge in [-0.1, -0.05) is 13.8 Å². The zero-order valence-electron chi connectivity index (χ0n) is 6.79. The van der Waals surface area contributed by atoms with Crippen molar-refractivity contribution in [2.45, 2.75) is 31.9 Å². The second-order valence-corrected chi connectivity index (χ2v) is 4.58. The summed E-state index contributed by atoms with van der Waals surface area (Å²) in [5.74, 6) is -0.187. The molecule has 0 spiro atoms. The molecule has 0 saturated heterocycles. The highest BCUT2D eigenvalue weighted by molar-refractivity contribution is 7.90. The van der Waals surface area contributed by atoms with Gasteiger partial charge in [-0.3, -0.25) is 4.79 Å². The van der Waals surface area contributed by atoms with Gasteiger partial charge in [0.1, 0.15) is 5.25 Å². The van der Waals surface area contributed by atoms with Crippen LogP contribution in [0.4, 0.5) is 0 Å². The highest BCUT2D eigenvalue weighted by Crippen LogP contribution is 2.27. The molecule has 64 valence electrons. The van der Waals surface area contributed by atoms with E-state index in [0.29, 0.717) is 0 Å². The molecular weight excluding hydrogens is 162 g/mol. The van der Waals surface area contributed by atoms with Crippen LogP contribution in [0.3, 0.4) is 0 Å². The fourth-order valence-electron chi connectivity index (χ4n) is 0.582. The normalized spacial score (nSPS) is 20.0. The van der Waals surface area contributed by atoms with Crippen molar-refractivity contribution < 1.29 is 9.35 Å². The van der Waals surface area contributed by atoms with E-state index in [1.54, 1.807) is 13.8 Å². The predicted molar refractivity (Wildman–Crippen MR) is 44.1 cm³/mol. The van der Waals surface area contributed by atoms with Gasteiger partial charge < -0.3 is 4.55 Å². The van der Waals surface area contributed by atoms with E-state index in [9.17, 15) is 9.35 Å². The van der Waals surface area contributed by atoms with E-state index in [-0.39, 0.29) is 17.1 Å². The first-order chi connectivity index (χ1) is 5.11. The van der Waals surface area contributed by atoms with E-state index in [0.717, 1.165) is 12.8 Å². The molecule has 0 aromatic heterocycles. The van der Waals surface area contributed by atoms with Crippen LogP contribution < -0.4 is 4.72 Å². The van der Waals surface area contributed by atoms with E-state index >= 15 is 0 Å². The Hall–Kier alpha value is -0.220. The van der Waals surface area contributed by atoms with Crippen molar-refractivity contribution in [3.63, 3.8) is 0 Å². The first-order valence-electron chi connectivity index (χ1n) is 3.82. The summed E-state index contributed by atoms with van der Waals surface area (Å²) in [6.07, 6.45) is 1.98. The SMILES string of the molecule is CC(C)C(=O)N[S+]([O-])C1CC1. The van der Waals surface area contributed by atoms with Gasteiger partial charge in [0.25, 0.3) is 5.91 Å². The van der Waals surface area contributed by atoms with Gasteiger partial charge in [0.15, 0.2) is 0 Å². The Kier molecular flexibility index (Phi) is 2.78. The van der Waals surface area contributed by atoms with Crippen molar-refractivity contribution in [1.29, 1.82) is 0 Å². The molecule has 1 fully saturated rings. The quantitative estimate of drug-likeness (QED) is 0.638. The van der Waals surface area contributed by atoms with Crippen LogP contribution in [-0.2, 0) is 16.2 Å². The maximum absolute atomic E-state index is 11.1. The smallest absolute Gasteiger partial charge is 0.263 e. The van der Waals surface area contributed by atoms with Gasteiger partial charge in [0.2, 0.25) is 0 Å². The number of carbonyl (C=O) groups is 1. The maximum Gasteiger partial charge on any atom is 0.263 e. The topological polar surface area (TPSA) is 52.2 Å². The second-order valence-electron chi connectivity index (χ2n) is 3.12. The summed E-state index contributed by atoms with van der Waals surface area (Å²) in [6.45, 7) is 3.58. The van der Waals surface area contributed by atoms with Crippen LogP contribution in [0.15, 0.2) is 0 Å². The van der Waals surface area contributed by atoms with Gasteiger partial charge >= 0.3 is 0 Å². The molecule has 11 heavy (non-hydrogen) atoms. The fourth-order valence-corrected chi connectivity index (χ4v) is 1.75. The molecule has 1 amide bonds. The lowest BCUT2D eigenvalue weighted by atomic mass is 10.2. The molecule has 0 aromatic rings. The average Bonchev–Trinajstić information content (AvgIpc) is 2.67. The van der Waals surface area contributed by atoms with E-state index in [2.05, 4.69) is 4.72 Å². The molecule has 1 saturated carbocycles. The molecule has 1 atom stereocenters. The number of carbonyl (C=O) groups excluding carboxylic acids is 1. The predicted octanol–water partition coefficient (Wildman–Crippen LogP) is 0.585. The molecular formula is C7H13NO2S. The Balaban J connectivity index is 2.23. The Morgan fingerprint density at radius 1 is 1.64 bits per heavy atom. The molecule has 1 aliphatic carbocycles. The van der Waals surface area contributed by atoms with Crippen LogP contribution in [0.2, 0.25) is 0 Å². The molecule has 0 bridgehead atoms. The van der Waals surface area contributed by atoms with Crippen LogP contribution in [0, 0.1) is 5.92 Å². The lowest BCUT2D eigenvalue weighted by Gasteiger charge is -2.10. The van der Waals surface area contributed by atoms with Crippen LogP contribution in [0.1, 0.15) is 26.7 Å². The number of rotatable bonds is 3. The Labute approximate surface area is 69.9 Å². The first-order valence-corrected chi connectivity index (χ1v) is 5.03. The minimum absolute atomic E-state index is 0.0716. The zero-order valence-corrected chi connectivity index (χ0v) is 7.61. The van der Waals surface area contributed by atoms with Crippen LogP contribution in [0.25, 0.3) is 0 Å². The Morgan fingerprint density at radius 2 is 2.18 bits per heavy atom. The number of hydrogen-bond acceptors (Lipinski definition) is 2. The summed E-state index contributed by atoms with van der Waals surface area (Å²) >= 11 is -1.11.